The normalized spacial score (nSPS) is 14.8. The minimum Gasteiger partial charge on any atom is -0.345 e. The smallest absolute Gasteiger partial charge is 0.0421 e. The lowest BCUT2D eigenvalue weighted by molar-refractivity contribution is 0.379. The molecule has 0 aliphatic rings. The van der Waals surface area contributed by atoms with Gasteiger partial charge in [-0.3, -0.25) is 0 Å². The topological polar surface area (TPSA) is 30.9 Å². The van der Waals surface area contributed by atoms with E-state index in [2.05, 4.69) is 37.6 Å². The lowest BCUT2D eigenvalue weighted by Crippen LogP contribution is -2.25. The molecule has 1 atom stereocenters. The highest BCUT2D eigenvalue weighted by Crippen LogP contribution is 2.20. The van der Waals surface area contributed by atoms with Gasteiger partial charge in [-0.1, -0.05) is 0 Å². The maximum absolute atomic E-state index is 5.83. The Morgan fingerprint density at radius 2 is 2.00 bits per heavy atom. The zero-order chi connectivity index (χ0) is 9.35. The fourth-order valence-electron chi connectivity index (χ4n) is 1.38. The standard InChI is InChI=1S/C10H18N2/c1-8(11)9-6-5-7-12(9)10(2,3)4/h5-8H,11H2,1-4H3/t8-/m1/s1. The zero-order valence-electron chi connectivity index (χ0n) is 8.33. The summed E-state index contributed by atoms with van der Waals surface area (Å²) in [6, 6.07) is 4.24. The van der Waals surface area contributed by atoms with Crippen LogP contribution in [-0.4, -0.2) is 4.57 Å². The van der Waals surface area contributed by atoms with Crippen LogP contribution in [0.15, 0.2) is 18.3 Å². The van der Waals surface area contributed by atoms with Gasteiger partial charge in [0, 0.05) is 23.5 Å². The van der Waals surface area contributed by atoms with E-state index in [0.29, 0.717) is 0 Å². The SMILES string of the molecule is C[C@@H](N)c1cccn1C(C)(C)C. The molecule has 0 radical (unpaired) electrons. The molecular formula is C10H18N2. The number of hydrogen-bond donors (Lipinski definition) is 1. The van der Waals surface area contributed by atoms with E-state index in [1.165, 1.54) is 5.69 Å². The van der Waals surface area contributed by atoms with Crippen molar-refractivity contribution in [1.82, 2.24) is 4.57 Å². The third-order valence-electron chi connectivity index (χ3n) is 1.97. The van der Waals surface area contributed by atoms with E-state index in [9.17, 15) is 0 Å². The zero-order valence-corrected chi connectivity index (χ0v) is 8.33. The molecule has 2 N–H and O–H groups in total. The molecule has 2 nitrogen and oxygen atoms in total. The minimum absolute atomic E-state index is 0.110. The largest absolute Gasteiger partial charge is 0.345 e. The fourth-order valence-corrected chi connectivity index (χ4v) is 1.38. The number of hydrogen-bond acceptors (Lipinski definition) is 1. The van der Waals surface area contributed by atoms with Crippen LogP contribution in [0.1, 0.15) is 39.4 Å². The molecule has 0 spiro atoms. The molecule has 0 unspecified atom stereocenters. The van der Waals surface area contributed by atoms with Crippen molar-refractivity contribution in [2.75, 3.05) is 0 Å². The summed E-state index contributed by atoms with van der Waals surface area (Å²) in [5, 5.41) is 0. The lowest BCUT2D eigenvalue weighted by Gasteiger charge is -2.25. The van der Waals surface area contributed by atoms with Gasteiger partial charge in [0.05, 0.1) is 0 Å². The predicted molar refractivity (Wildman–Crippen MR) is 52.0 cm³/mol. The van der Waals surface area contributed by atoms with Crippen molar-refractivity contribution in [3.05, 3.63) is 24.0 Å². The average molecular weight is 166 g/mol. The molecule has 0 saturated carbocycles. The van der Waals surface area contributed by atoms with Crippen molar-refractivity contribution < 1.29 is 0 Å². The molecule has 0 amide bonds. The molecule has 1 aromatic rings. The van der Waals surface area contributed by atoms with E-state index < -0.39 is 0 Å². The molecule has 1 rings (SSSR count). The summed E-state index contributed by atoms with van der Waals surface area (Å²) in [4.78, 5) is 0. The van der Waals surface area contributed by atoms with Crippen molar-refractivity contribution >= 4 is 0 Å². The van der Waals surface area contributed by atoms with Crippen LogP contribution in [0.5, 0.6) is 0 Å². The molecule has 12 heavy (non-hydrogen) atoms. The average Bonchev–Trinajstić information content (AvgIpc) is 2.30. The first-order valence-electron chi connectivity index (χ1n) is 4.36. The van der Waals surface area contributed by atoms with Crippen molar-refractivity contribution in [2.45, 2.75) is 39.3 Å². The maximum atomic E-state index is 5.83. The molecule has 1 heterocycles. The van der Waals surface area contributed by atoms with Crippen LogP contribution in [0, 0.1) is 0 Å². The van der Waals surface area contributed by atoms with E-state index in [-0.39, 0.29) is 11.6 Å². The molecule has 0 aliphatic carbocycles. The number of aromatic nitrogens is 1. The lowest BCUT2D eigenvalue weighted by atomic mass is 10.1. The summed E-state index contributed by atoms with van der Waals surface area (Å²) >= 11 is 0. The summed E-state index contributed by atoms with van der Waals surface area (Å²) in [5.41, 5.74) is 7.16. The highest BCUT2D eigenvalue weighted by molar-refractivity contribution is 5.13. The van der Waals surface area contributed by atoms with Gasteiger partial charge in [0.1, 0.15) is 0 Å². The molecule has 0 saturated heterocycles. The van der Waals surface area contributed by atoms with Gasteiger partial charge in [0.15, 0.2) is 0 Å². The van der Waals surface area contributed by atoms with E-state index in [0.717, 1.165) is 0 Å². The van der Waals surface area contributed by atoms with Gasteiger partial charge in [0.2, 0.25) is 0 Å². The van der Waals surface area contributed by atoms with Gasteiger partial charge in [-0.25, -0.2) is 0 Å². The Labute approximate surface area is 74.4 Å². The number of nitrogens with zero attached hydrogens (tertiary/aromatic N) is 1. The molecule has 2 heteroatoms. The summed E-state index contributed by atoms with van der Waals surface area (Å²) in [5.74, 6) is 0. The summed E-state index contributed by atoms with van der Waals surface area (Å²) in [6.07, 6.45) is 2.08. The van der Waals surface area contributed by atoms with Gasteiger partial charge in [0.25, 0.3) is 0 Å². The Balaban J connectivity index is 3.08. The quantitative estimate of drug-likeness (QED) is 0.681. The molecule has 0 aromatic carbocycles. The molecule has 0 aliphatic heterocycles. The number of rotatable bonds is 1. The Morgan fingerprint density at radius 3 is 2.33 bits per heavy atom. The number of nitrogens with two attached hydrogens (primary N) is 1. The second-order valence-electron chi connectivity index (χ2n) is 4.26. The van der Waals surface area contributed by atoms with E-state index in [1.54, 1.807) is 0 Å². The molecule has 68 valence electrons. The molecular weight excluding hydrogens is 148 g/mol. The highest BCUT2D eigenvalue weighted by atomic mass is 15.1. The van der Waals surface area contributed by atoms with Crippen LogP contribution in [-0.2, 0) is 5.54 Å². The minimum atomic E-state index is 0.110. The van der Waals surface area contributed by atoms with Crippen LogP contribution in [0.4, 0.5) is 0 Å². The second-order valence-corrected chi connectivity index (χ2v) is 4.26. The predicted octanol–water partition coefficient (Wildman–Crippen LogP) is 2.26. The van der Waals surface area contributed by atoms with Crippen molar-refractivity contribution in [3.8, 4) is 0 Å². The maximum Gasteiger partial charge on any atom is 0.0421 e. The summed E-state index contributed by atoms with van der Waals surface area (Å²) in [7, 11) is 0. The third kappa shape index (κ3) is 1.69. The first-order valence-corrected chi connectivity index (χ1v) is 4.36. The van der Waals surface area contributed by atoms with Crippen LogP contribution in [0.2, 0.25) is 0 Å². The first kappa shape index (κ1) is 9.33. The van der Waals surface area contributed by atoms with Gasteiger partial charge in [-0.15, -0.1) is 0 Å². The van der Waals surface area contributed by atoms with Crippen molar-refractivity contribution in [2.24, 2.45) is 5.73 Å². The summed E-state index contributed by atoms with van der Waals surface area (Å²) < 4.78 is 2.22. The Morgan fingerprint density at radius 1 is 1.42 bits per heavy atom. The van der Waals surface area contributed by atoms with Crippen LogP contribution < -0.4 is 5.73 Å². The Kier molecular flexibility index (Phi) is 2.29. The van der Waals surface area contributed by atoms with Gasteiger partial charge in [-0.2, -0.15) is 0 Å². The van der Waals surface area contributed by atoms with Crippen LogP contribution >= 0.6 is 0 Å². The van der Waals surface area contributed by atoms with Crippen molar-refractivity contribution in [1.29, 1.82) is 0 Å². The van der Waals surface area contributed by atoms with Gasteiger partial charge in [-0.05, 0) is 39.8 Å². The van der Waals surface area contributed by atoms with E-state index in [1.807, 2.05) is 13.0 Å². The third-order valence-corrected chi connectivity index (χ3v) is 1.97. The van der Waals surface area contributed by atoms with Gasteiger partial charge < -0.3 is 10.3 Å². The second kappa shape index (κ2) is 2.94. The fraction of sp³-hybridized carbons (Fsp3) is 0.600. The Hall–Kier alpha value is -0.760. The molecule has 1 aromatic heterocycles. The Bertz CT molecular complexity index is 253. The molecule has 0 fully saturated rings. The molecule has 0 bridgehead atoms. The first-order chi connectivity index (χ1) is 5.43. The summed E-state index contributed by atoms with van der Waals surface area (Å²) in [6.45, 7) is 8.55. The monoisotopic (exact) mass is 166 g/mol. The van der Waals surface area contributed by atoms with Gasteiger partial charge >= 0.3 is 0 Å². The van der Waals surface area contributed by atoms with Crippen LogP contribution in [0.25, 0.3) is 0 Å². The van der Waals surface area contributed by atoms with E-state index in [4.69, 9.17) is 5.73 Å². The van der Waals surface area contributed by atoms with Crippen LogP contribution in [0.3, 0.4) is 0 Å². The van der Waals surface area contributed by atoms with Crippen molar-refractivity contribution in [3.63, 3.8) is 0 Å². The van der Waals surface area contributed by atoms with E-state index >= 15 is 0 Å². The highest BCUT2D eigenvalue weighted by Gasteiger charge is 2.16.